The molecule has 0 aromatic carbocycles. The SMILES string of the molecule is CCC1C(=O)NCCN1S(=O)(=O)c1c(N)nc2sccn12. The molecule has 0 spiro atoms. The molecule has 1 unspecified atom stereocenters. The number of sulfonamides is 1. The quantitative estimate of drug-likeness (QED) is 0.815. The van der Waals surface area contributed by atoms with Crippen LogP contribution in [0, 0.1) is 0 Å². The highest BCUT2D eigenvalue weighted by molar-refractivity contribution is 7.89. The van der Waals surface area contributed by atoms with E-state index >= 15 is 0 Å². The van der Waals surface area contributed by atoms with Crippen molar-refractivity contribution < 1.29 is 13.2 Å². The number of nitrogens with one attached hydrogen (secondary N) is 1. The molecule has 3 N–H and O–H groups in total. The summed E-state index contributed by atoms with van der Waals surface area (Å²) >= 11 is 1.30. The average Bonchev–Trinajstić information content (AvgIpc) is 2.97. The Morgan fingerprint density at radius 3 is 3.05 bits per heavy atom. The minimum atomic E-state index is -3.89. The van der Waals surface area contributed by atoms with E-state index < -0.39 is 16.1 Å². The Labute approximate surface area is 125 Å². The molecule has 2 aromatic rings. The Morgan fingerprint density at radius 2 is 2.33 bits per heavy atom. The number of hydrogen-bond donors (Lipinski definition) is 2. The fraction of sp³-hybridized carbons (Fsp3) is 0.455. The van der Waals surface area contributed by atoms with E-state index in [-0.39, 0.29) is 23.3 Å². The van der Waals surface area contributed by atoms with Gasteiger partial charge in [0.2, 0.25) is 5.91 Å². The fourth-order valence-electron chi connectivity index (χ4n) is 2.52. The second kappa shape index (κ2) is 4.97. The lowest BCUT2D eigenvalue weighted by Crippen LogP contribution is -2.56. The van der Waals surface area contributed by atoms with Crippen molar-refractivity contribution in [3.05, 3.63) is 11.6 Å². The number of nitrogen functional groups attached to an aromatic ring is 1. The van der Waals surface area contributed by atoms with E-state index in [1.807, 2.05) is 0 Å². The third kappa shape index (κ3) is 2.10. The molecule has 0 saturated carbocycles. The van der Waals surface area contributed by atoms with Gasteiger partial charge in [0.15, 0.2) is 15.8 Å². The zero-order valence-electron chi connectivity index (χ0n) is 11.3. The number of carbonyl (C=O) groups is 1. The number of nitrogens with two attached hydrogens (primary N) is 1. The number of anilines is 1. The van der Waals surface area contributed by atoms with Crippen LogP contribution in [-0.4, -0.2) is 47.1 Å². The number of piperazine rings is 1. The molecular weight excluding hydrogens is 314 g/mol. The highest BCUT2D eigenvalue weighted by Crippen LogP contribution is 2.28. The lowest BCUT2D eigenvalue weighted by molar-refractivity contribution is -0.126. The Bertz CT molecular complexity index is 794. The summed E-state index contributed by atoms with van der Waals surface area (Å²) in [5.74, 6) is -0.320. The molecule has 1 saturated heterocycles. The maximum Gasteiger partial charge on any atom is 0.263 e. The van der Waals surface area contributed by atoms with Crippen LogP contribution in [0.25, 0.3) is 4.96 Å². The molecule has 1 aliphatic heterocycles. The van der Waals surface area contributed by atoms with Gasteiger partial charge in [-0.3, -0.25) is 9.20 Å². The molecular formula is C11H15N5O3S2. The number of nitrogens with zero attached hydrogens (tertiary/aromatic N) is 3. The normalized spacial score (nSPS) is 20.8. The van der Waals surface area contributed by atoms with Crippen LogP contribution in [0.4, 0.5) is 5.82 Å². The van der Waals surface area contributed by atoms with Gasteiger partial charge in [0.25, 0.3) is 10.0 Å². The minimum Gasteiger partial charge on any atom is -0.381 e. The second-order valence-corrected chi connectivity index (χ2v) is 7.37. The number of hydrogen-bond acceptors (Lipinski definition) is 6. The maximum absolute atomic E-state index is 12.9. The van der Waals surface area contributed by atoms with Crippen molar-refractivity contribution in [2.45, 2.75) is 24.4 Å². The molecule has 1 fully saturated rings. The summed E-state index contributed by atoms with van der Waals surface area (Å²) in [6.45, 7) is 2.29. The van der Waals surface area contributed by atoms with E-state index in [9.17, 15) is 13.2 Å². The second-order valence-electron chi connectivity index (χ2n) is 4.69. The first-order valence-corrected chi connectivity index (χ1v) is 8.79. The van der Waals surface area contributed by atoms with E-state index in [0.717, 1.165) is 0 Å². The predicted octanol–water partition coefficient (Wildman–Crippen LogP) is -0.123. The molecule has 3 heterocycles. The molecule has 8 nitrogen and oxygen atoms in total. The maximum atomic E-state index is 12.9. The number of fused-ring (bicyclic) bond motifs is 1. The largest absolute Gasteiger partial charge is 0.381 e. The molecule has 21 heavy (non-hydrogen) atoms. The summed E-state index contributed by atoms with van der Waals surface area (Å²) in [4.78, 5) is 16.5. The minimum absolute atomic E-state index is 0.0392. The van der Waals surface area contributed by atoms with Crippen LogP contribution >= 0.6 is 11.3 Å². The highest BCUT2D eigenvalue weighted by Gasteiger charge is 2.40. The summed E-state index contributed by atoms with van der Waals surface area (Å²) in [5.41, 5.74) is 5.78. The first-order chi connectivity index (χ1) is 9.96. The summed E-state index contributed by atoms with van der Waals surface area (Å²) < 4.78 is 28.5. The first-order valence-electron chi connectivity index (χ1n) is 6.47. The molecule has 1 amide bonds. The molecule has 0 aliphatic carbocycles. The standard InChI is InChI=1S/C11H15N5O3S2/c1-2-7-9(17)13-3-4-16(7)21(18,19)10-8(12)14-11-15(10)5-6-20-11/h5-7H,2-4,12H2,1H3,(H,13,17). The van der Waals surface area contributed by atoms with Crippen LogP contribution in [-0.2, 0) is 14.8 Å². The van der Waals surface area contributed by atoms with Crippen molar-refractivity contribution in [3.63, 3.8) is 0 Å². The summed E-state index contributed by atoms with van der Waals surface area (Å²) in [6.07, 6.45) is 2.01. The predicted molar refractivity (Wildman–Crippen MR) is 78.5 cm³/mol. The Kier molecular flexibility index (Phi) is 3.38. The Balaban J connectivity index is 2.13. The topological polar surface area (TPSA) is 110 Å². The molecule has 0 radical (unpaired) electrons. The molecule has 1 atom stereocenters. The lowest BCUT2D eigenvalue weighted by atomic mass is 10.2. The van der Waals surface area contributed by atoms with E-state index in [0.29, 0.717) is 17.9 Å². The number of amides is 1. The molecule has 10 heteroatoms. The van der Waals surface area contributed by atoms with Crippen LogP contribution in [0.5, 0.6) is 0 Å². The van der Waals surface area contributed by atoms with E-state index in [1.54, 1.807) is 18.5 Å². The number of rotatable bonds is 3. The van der Waals surface area contributed by atoms with Gasteiger partial charge in [-0.2, -0.15) is 4.31 Å². The van der Waals surface area contributed by atoms with Gasteiger partial charge in [-0.15, -0.1) is 11.3 Å². The summed E-state index contributed by atoms with van der Waals surface area (Å²) in [5, 5.41) is 4.35. The smallest absolute Gasteiger partial charge is 0.263 e. The van der Waals surface area contributed by atoms with Crippen LogP contribution in [0.2, 0.25) is 0 Å². The molecule has 3 rings (SSSR count). The lowest BCUT2D eigenvalue weighted by Gasteiger charge is -2.33. The van der Waals surface area contributed by atoms with Gasteiger partial charge in [0.1, 0.15) is 6.04 Å². The van der Waals surface area contributed by atoms with Crippen molar-refractivity contribution in [3.8, 4) is 0 Å². The van der Waals surface area contributed by atoms with Gasteiger partial charge < -0.3 is 11.1 Å². The summed E-state index contributed by atoms with van der Waals surface area (Å²) in [7, 11) is -3.89. The molecule has 0 bridgehead atoms. The third-order valence-corrected chi connectivity index (χ3v) is 6.17. The fourth-order valence-corrected chi connectivity index (χ4v) is 5.14. The van der Waals surface area contributed by atoms with E-state index in [4.69, 9.17) is 5.73 Å². The molecule has 114 valence electrons. The molecule has 2 aromatic heterocycles. The zero-order valence-corrected chi connectivity index (χ0v) is 12.9. The van der Waals surface area contributed by atoms with Crippen LogP contribution in [0.3, 0.4) is 0 Å². The van der Waals surface area contributed by atoms with Gasteiger partial charge in [0.05, 0.1) is 0 Å². The van der Waals surface area contributed by atoms with E-state index in [1.165, 1.54) is 20.0 Å². The van der Waals surface area contributed by atoms with Crippen LogP contribution in [0.1, 0.15) is 13.3 Å². The number of aromatic nitrogens is 2. The van der Waals surface area contributed by atoms with Crippen molar-refractivity contribution in [1.29, 1.82) is 0 Å². The monoisotopic (exact) mass is 329 g/mol. The average molecular weight is 329 g/mol. The third-order valence-electron chi connectivity index (χ3n) is 3.46. The van der Waals surface area contributed by atoms with Crippen molar-refractivity contribution in [2.24, 2.45) is 0 Å². The Morgan fingerprint density at radius 1 is 1.57 bits per heavy atom. The number of thiazole rings is 1. The van der Waals surface area contributed by atoms with Crippen molar-refractivity contribution in [1.82, 2.24) is 19.0 Å². The Hall–Kier alpha value is -1.65. The van der Waals surface area contributed by atoms with E-state index in [2.05, 4.69) is 10.3 Å². The van der Waals surface area contributed by atoms with Crippen molar-refractivity contribution >= 4 is 38.0 Å². The molecule has 1 aliphatic rings. The van der Waals surface area contributed by atoms with Crippen molar-refractivity contribution in [2.75, 3.05) is 18.8 Å². The van der Waals surface area contributed by atoms with Crippen LogP contribution in [0.15, 0.2) is 16.6 Å². The van der Waals surface area contributed by atoms with Gasteiger partial charge in [-0.25, -0.2) is 13.4 Å². The van der Waals surface area contributed by atoms with Gasteiger partial charge in [0, 0.05) is 24.7 Å². The number of imidazole rings is 1. The summed E-state index contributed by atoms with van der Waals surface area (Å²) in [6, 6.07) is -0.715. The highest BCUT2D eigenvalue weighted by atomic mass is 32.2. The first kappa shape index (κ1) is 14.3. The van der Waals surface area contributed by atoms with Crippen LogP contribution < -0.4 is 11.1 Å². The van der Waals surface area contributed by atoms with Gasteiger partial charge in [-0.1, -0.05) is 6.92 Å². The zero-order chi connectivity index (χ0) is 15.2. The number of carbonyl (C=O) groups excluding carboxylic acids is 1. The van der Waals surface area contributed by atoms with Gasteiger partial charge >= 0.3 is 0 Å². The van der Waals surface area contributed by atoms with Gasteiger partial charge in [-0.05, 0) is 6.42 Å².